The Labute approximate surface area is 95.7 Å². The molecular formula is C14H14N2. The van der Waals surface area contributed by atoms with E-state index in [-0.39, 0.29) is 0 Å². The zero-order valence-corrected chi connectivity index (χ0v) is 9.51. The summed E-state index contributed by atoms with van der Waals surface area (Å²) in [6.07, 6.45) is 5.62. The van der Waals surface area contributed by atoms with Crippen molar-refractivity contribution >= 4 is 5.57 Å². The Balaban J connectivity index is 2.34. The monoisotopic (exact) mass is 210 g/mol. The molecule has 0 bridgehead atoms. The average molecular weight is 210 g/mol. The van der Waals surface area contributed by atoms with E-state index in [1.165, 1.54) is 11.1 Å². The third-order valence-corrected chi connectivity index (χ3v) is 2.60. The number of nitrogens with zero attached hydrogens (tertiary/aromatic N) is 2. The van der Waals surface area contributed by atoms with Crippen LogP contribution in [0.1, 0.15) is 19.4 Å². The van der Waals surface area contributed by atoms with Gasteiger partial charge in [-0.2, -0.15) is 0 Å². The van der Waals surface area contributed by atoms with Crippen LogP contribution < -0.4 is 0 Å². The Kier molecular flexibility index (Phi) is 3.10. The van der Waals surface area contributed by atoms with E-state index in [0.717, 1.165) is 11.4 Å². The minimum atomic E-state index is 0.771. The van der Waals surface area contributed by atoms with Crippen molar-refractivity contribution in [3.05, 3.63) is 54.4 Å². The molecular weight excluding hydrogens is 196 g/mol. The maximum atomic E-state index is 4.22. The zero-order chi connectivity index (χ0) is 11.4. The predicted octanol–water partition coefficient (Wildman–Crippen LogP) is 3.57. The van der Waals surface area contributed by atoms with E-state index < -0.39 is 0 Å². The molecule has 0 spiro atoms. The van der Waals surface area contributed by atoms with Gasteiger partial charge in [0, 0.05) is 18.0 Å². The highest BCUT2D eigenvalue weighted by Gasteiger charge is 2.00. The third kappa shape index (κ3) is 2.16. The minimum absolute atomic E-state index is 0.771. The van der Waals surface area contributed by atoms with E-state index >= 15 is 0 Å². The second-order valence-corrected chi connectivity index (χ2v) is 3.62. The number of aromatic nitrogens is 2. The molecule has 0 fully saturated rings. The fourth-order valence-corrected chi connectivity index (χ4v) is 1.50. The first-order valence-corrected chi connectivity index (χ1v) is 5.32. The van der Waals surface area contributed by atoms with Gasteiger partial charge in [-0.25, -0.2) is 9.97 Å². The Morgan fingerprint density at radius 3 is 2.25 bits per heavy atom. The summed E-state index contributed by atoms with van der Waals surface area (Å²) < 4.78 is 0. The fraction of sp³-hybridized carbons (Fsp3) is 0.143. The first-order chi connectivity index (χ1) is 7.81. The Morgan fingerprint density at radius 2 is 1.69 bits per heavy atom. The second kappa shape index (κ2) is 4.71. The molecule has 0 atom stereocenters. The molecule has 0 saturated carbocycles. The molecule has 0 N–H and O–H groups in total. The van der Waals surface area contributed by atoms with Gasteiger partial charge in [0.2, 0.25) is 0 Å². The van der Waals surface area contributed by atoms with Crippen molar-refractivity contribution < 1.29 is 0 Å². The van der Waals surface area contributed by atoms with E-state index in [4.69, 9.17) is 0 Å². The lowest BCUT2D eigenvalue weighted by Crippen LogP contribution is -1.87. The van der Waals surface area contributed by atoms with E-state index in [1.54, 1.807) is 12.4 Å². The molecule has 0 unspecified atom stereocenters. The molecule has 0 aliphatic carbocycles. The largest absolute Gasteiger partial charge is 0.237 e. The quantitative estimate of drug-likeness (QED) is 0.757. The summed E-state index contributed by atoms with van der Waals surface area (Å²) in [7, 11) is 0. The minimum Gasteiger partial charge on any atom is -0.237 e. The van der Waals surface area contributed by atoms with Crippen LogP contribution in [-0.2, 0) is 0 Å². The fourth-order valence-electron chi connectivity index (χ4n) is 1.50. The molecule has 1 heterocycles. The van der Waals surface area contributed by atoms with E-state index in [1.807, 2.05) is 13.0 Å². The Hall–Kier alpha value is -1.96. The molecule has 2 nitrogen and oxygen atoms in total. The molecule has 80 valence electrons. The molecule has 0 aliphatic rings. The first kappa shape index (κ1) is 10.6. The van der Waals surface area contributed by atoms with Crippen molar-refractivity contribution in [2.75, 3.05) is 0 Å². The normalized spacial score (nSPS) is 11.5. The molecule has 0 amide bonds. The summed E-state index contributed by atoms with van der Waals surface area (Å²) in [6.45, 7) is 4.15. The van der Waals surface area contributed by atoms with Crippen molar-refractivity contribution in [1.82, 2.24) is 9.97 Å². The van der Waals surface area contributed by atoms with Gasteiger partial charge in [0.25, 0.3) is 0 Å². The Bertz CT molecular complexity index is 484. The summed E-state index contributed by atoms with van der Waals surface area (Å²) in [5.41, 5.74) is 3.57. The number of rotatable bonds is 2. The molecule has 1 aromatic carbocycles. The molecule has 1 aromatic heterocycles. The van der Waals surface area contributed by atoms with Crippen LogP contribution in [0.15, 0.2) is 48.8 Å². The SMILES string of the molecule is C/C=C(\C)c1ccc(-c2ncccn2)cc1. The van der Waals surface area contributed by atoms with Crippen molar-refractivity contribution in [3.8, 4) is 11.4 Å². The number of hydrogen-bond acceptors (Lipinski definition) is 2. The molecule has 0 radical (unpaired) electrons. The topological polar surface area (TPSA) is 25.8 Å². The van der Waals surface area contributed by atoms with Gasteiger partial charge in [0.05, 0.1) is 0 Å². The molecule has 16 heavy (non-hydrogen) atoms. The predicted molar refractivity (Wildman–Crippen MR) is 66.8 cm³/mol. The van der Waals surface area contributed by atoms with Gasteiger partial charge in [-0.05, 0) is 31.1 Å². The summed E-state index contributed by atoms with van der Waals surface area (Å²) in [4.78, 5) is 8.44. The summed E-state index contributed by atoms with van der Waals surface area (Å²) in [6, 6.07) is 10.1. The van der Waals surface area contributed by atoms with E-state index in [2.05, 4.69) is 47.2 Å². The maximum Gasteiger partial charge on any atom is 0.159 e. The highest BCUT2D eigenvalue weighted by atomic mass is 14.8. The zero-order valence-electron chi connectivity index (χ0n) is 9.51. The molecule has 0 aliphatic heterocycles. The lowest BCUT2D eigenvalue weighted by molar-refractivity contribution is 1.18. The van der Waals surface area contributed by atoms with Gasteiger partial charge in [0.15, 0.2) is 5.82 Å². The van der Waals surface area contributed by atoms with Gasteiger partial charge in [-0.15, -0.1) is 0 Å². The Morgan fingerprint density at radius 1 is 1.06 bits per heavy atom. The summed E-state index contributed by atoms with van der Waals surface area (Å²) in [5, 5.41) is 0. The van der Waals surface area contributed by atoms with Crippen LogP contribution in [0.5, 0.6) is 0 Å². The van der Waals surface area contributed by atoms with Crippen LogP contribution in [0.2, 0.25) is 0 Å². The maximum absolute atomic E-state index is 4.22. The number of allylic oxidation sites excluding steroid dienone is 2. The van der Waals surface area contributed by atoms with Crippen molar-refractivity contribution in [2.45, 2.75) is 13.8 Å². The highest BCUT2D eigenvalue weighted by Crippen LogP contribution is 2.18. The van der Waals surface area contributed by atoms with Crippen LogP contribution in [0.25, 0.3) is 17.0 Å². The average Bonchev–Trinajstić information content (AvgIpc) is 2.39. The van der Waals surface area contributed by atoms with Gasteiger partial charge in [-0.3, -0.25) is 0 Å². The van der Waals surface area contributed by atoms with Crippen LogP contribution >= 0.6 is 0 Å². The summed E-state index contributed by atoms with van der Waals surface area (Å²) in [5.74, 6) is 0.771. The smallest absolute Gasteiger partial charge is 0.159 e. The van der Waals surface area contributed by atoms with Crippen LogP contribution in [0, 0.1) is 0 Å². The number of hydrogen-bond donors (Lipinski definition) is 0. The molecule has 2 heteroatoms. The van der Waals surface area contributed by atoms with Crippen molar-refractivity contribution in [1.29, 1.82) is 0 Å². The van der Waals surface area contributed by atoms with Crippen LogP contribution in [-0.4, -0.2) is 9.97 Å². The third-order valence-electron chi connectivity index (χ3n) is 2.60. The van der Waals surface area contributed by atoms with Crippen molar-refractivity contribution in [3.63, 3.8) is 0 Å². The lowest BCUT2D eigenvalue weighted by Gasteiger charge is -2.03. The van der Waals surface area contributed by atoms with Gasteiger partial charge in [-0.1, -0.05) is 30.3 Å². The summed E-state index contributed by atoms with van der Waals surface area (Å²) >= 11 is 0. The van der Waals surface area contributed by atoms with Crippen LogP contribution in [0.4, 0.5) is 0 Å². The molecule has 2 aromatic rings. The molecule has 0 saturated heterocycles. The highest BCUT2D eigenvalue weighted by molar-refractivity contribution is 5.66. The number of benzene rings is 1. The van der Waals surface area contributed by atoms with Crippen LogP contribution in [0.3, 0.4) is 0 Å². The van der Waals surface area contributed by atoms with Crippen molar-refractivity contribution in [2.24, 2.45) is 0 Å². The van der Waals surface area contributed by atoms with Gasteiger partial charge in [0.1, 0.15) is 0 Å². The van der Waals surface area contributed by atoms with Gasteiger partial charge < -0.3 is 0 Å². The standard InChI is InChI=1S/C14H14N2/c1-3-11(2)12-5-7-13(8-6-12)14-15-9-4-10-16-14/h3-10H,1-2H3/b11-3+. The first-order valence-electron chi connectivity index (χ1n) is 5.32. The van der Waals surface area contributed by atoms with Gasteiger partial charge >= 0.3 is 0 Å². The lowest BCUT2D eigenvalue weighted by atomic mass is 10.1. The molecule has 2 rings (SSSR count). The van der Waals surface area contributed by atoms with E-state index in [9.17, 15) is 0 Å². The van der Waals surface area contributed by atoms with E-state index in [0.29, 0.717) is 0 Å². The second-order valence-electron chi connectivity index (χ2n) is 3.62.